The van der Waals surface area contributed by atoms with Gasteiger partial charge < -0.3 is 35.6 Å². The Bertz CT molecular complexity index is 1170. The summed E-state index contributed by atoms with van der Waals surface area (Å²) in [7, 11) is 0. The van der Waals surface area contributed by atoms with E-state index in [1.807, 2.05) is 0 Å². The fourth-order valence-corrected chi connectivity index (χ4v) is 5.16. The van der Waals surface area contributed by atoms with Crippen LogP contribution in [0, 0.1) is 5.92 Å². The lowest BCUT2D eigenvalue weighted by molar-refractivity contribution is -0.137. The summed E-state index contributed by atoms with van der Waals surface area (Å²) < 4.78 is 12.8. The highest BCUT2D eigenvalue weighted by Gasteiger charge is 2.48. The van der Waals surface area contributed by atoms with Crippen LogP contribution in [0.4, 0.5) is 10.6 Å². The van der Waals surface area contributed by atoms with E-state index >= 15 is 0 Å². The van der Waals surface area contributed by atoms with Gasteiger partial charge >= 0.3 is 6.09 Å². The Kier molecular flexibility index (Phi) is 6.37. The number of nitrogen functional groups attached to an aromatic ring is 1. The number of piperidine rings is 1. The summed E-state index contributed by atoms with van der Waals surface area (Å²) in [6.07, 6.45) is 3.28. The van der Waals surface area contributed by atoms with E-state index in [1.54, 1.807) is 4.90 Å². The number of hydrogen-bond acceptors (Lipinski definition) is 10. The molecule has 13 heteroatoms. The molecule has 5 N–H and O–H groups in total. The van der Waals surface area contributed by atoms with Crippen LogP contribution in [-0.2, 0) is 20.7 Å². The molecule has 37 heavy (non-hydrogen) atoms. The molecule has 2 aliphatic carbocycles. The number of aromatic nitrogens is 4. The molecular weight excluding hydrogens is 482 g/mol. The van der Waals surface area contributed by atoms with Crippen LogP contribution in [0.15, 0.2) is 6.33 Å². The Morgan fingerprint density at radius 3 is 2.54 bits per heavy atom. The molecular formula is C24H33N7O6. The Morgan fingerprint density at radius 1 is 1.11 bits per heavy atom. The van der Waals surface area contributed by atoms with Crippen molar-refractivity contribution in [2.24, 2.45) is 5.92 Å². The Morgan fingerprint density at radius 2 is 1.86 bits per heavy atom. The zero-order valence-electron chi connectivity index (χ0n) is 20.5. The molecule has 13 nitrogen and oxygen atoms in total. The van der Waals surface area contributed by atoms with Crippen LogP contribution in [0.3, 0.4) is 0 Å². The number of likely N-dealkylation sites (tertiary alicyclic amines) is 1. The van der Waals surface area contributed by atoms with Crippen molar-refractivity contribution in [3.8, 4) is 0 Å². The number of amides is 2. The van der Waals surface area contributed by atoms with Crippen molar-refractivity contribution in [2.45, 2.75) is 88.1 Å². The summed E-state index contributed by atoms with van der Waals surface area (Å²) in [4.78, 5) is 40.0. The third-order valence-corrected chi connectivity index (χ3v) is 7.85. The molecule has 2 aromatic rings. The quantitative estimate of drug-likeness (QED) is 0.417. The van der Waals surface area contributed by atoms with E-state index in [1.165, 1.54) is 10.9 Å². The second-order valence-corrected chi connectivity index (χ2v) is 10.6. The van der Waals surface area contributed by atoms with Gasteiger partial charge in [-0.2, -0.15) is 0 Å². The number of aliphatic hydroxyl groups excluding tert-OH is 2. The maximum atomic E-state index is 12.5. The minimum Gasteiger partial charge on any atom is -0.446 e. The van der Waals surface area contributed by atoms with Crippen LogP contribution in [0.5, 0.6) is 0 Å². The van der Waals surface area contributed by atoms with Gasteiger partial charge in [0.2, 0.25) is 0 Å². The van der Waals surface area contributed by atoms with Gasteiger partial charge in [0.05, 0.1) is 6.33 Å². The second-order valence-electron chi connectivity index (χ2n) is 10.6. The van der Waals surface area contributed by atoms with Gasteiger partial charge in [0.15, 0.2) is 23.8 Å². The first-order chi connectivity index (χ1) is 17.9. The molecule has 0 aromatic carbocycles. The molecule has 200 valence electrons. The number of hydrogen-bond donors (Lipinski definition) is 4. The highest BCUT2D eigenvalue weighted by molar-refractivity contribution is 5.83. The molecule has 4 fully saturated rings. The number of nitrogens with zero attached hydrogens (tertiary/aromatic N) is 5. The summed E-state index contributed by atoms with van der Waals surface area (Å²) in [6.45, 7) is 1.24. The van der Waals surface area contributed by atoms with Gasteiger partial charge in [-0.3, -0.25) is 9.36 Å². The zero-order chi connectivity index (χ0) is 25.7. The highest BCUT2D eigenvalue weighted by Crippen LogP contribution is 2.33. The van der Waals surface area contributed by atoms with Crippen LogP contribution in [-0.4, -0.2) is 90.2 Å². The molecule has 4 unspecified atom stereocenters. The molecule has 0 spiro atoms. The van der Waals surface area contributed by atoms with Crippen molar-refractivity contribution in [3.63, 3.8) is 0 Å². The van der Waals surface area contributed by atoms with Crippen molar-refractivity contribution < 1.29 is 29.3 Å². The summed E-state index contributed by atoms with van der Waals surface area (Å²) in [5, 5.41) is 24.0. The molecule has 2 aromatic heterocycles. The van der Waals surface area contributed by atoms with Crippen LogP contribution in [0.2, 0.25) is 0 Å². The van der Waals surface area contributed by atoms with Crippen LogP contribution < -0.4 is 11.1 Å². The lowest BCUT2D eigenvalue weighted by atomic mass is 9.93. The molecule has 0 radical (unpaired) electrons. The first-order valence-electron chi connectivity index (χ1n) is 13.1. The lowest BCUT2D eigenvalue weighted by Crippen LogP contribution is -2.43. The summed E-state index contributed by atoms with van der Waals surface area (Å²) in [5.41, 5.74) is 6.91. The van der Waals surface area contributed by atoms with Gasteiger partial charge in [-0.05, 0) is 50.9 Å². The van der Waals surface area contributed by atoms with Gasteiger partial charge in [0, 0.05) is 25.6 Å². The molecule has 2 saturated heterocycles. The summed E-state index contributed by atoms with van der Waals surface area (Å²) >= 11 is 0. The predicted molar refractivity (Wildman–Crippen MR) is 129 cm³/mol. The van der Waals surface area contributed by atoms with Crippen molar-refractivity contribution in [3.05, 3.63) is 12.2 Å². The summed E-state index contributed by atoms with van der Waals surface area (Å²) in [5.74, 6) is 0.556. The molecule has 4 atom stereocenters. The Labute approximate surface area is 213 Å². The van der Waals surface area contributed by atoms with E-state index < -0.39 is 30.4 Å². The number of carbonyl (C=O) groups excluding carboxylic acids is 2. The lowest BCUT2D eigenvalue weighted by Gasteiger charge is -2.34. The first-order valence-corrected chi connectivity index (χ1v) is 13.1. The number of nitrogens with one attached hydrogen (secondary N) is 1. The molecule has 4 heterocycles. The average molecular weight is 516 g/mol. The van der Waals surface area contributed by atoms with Gasteiger partial charge in [0.25, 0.3) is 5.91 Å². The third kappa shape index (κ3) is 4.82. The van der Waals surface area contributed by atoms with Crippen LogP contribution in [0.1, 0.15) is 57.0 Å². The first kappa shape index (κ1) is 24.3. The average Bonchev–Trinajstić information content (AvgIpc) is 3.49. The van der Waals surface area contributed by atoms with Gasteiger partial charge in [-0.25, -0.2) is 19.7 Å². The minimum atomic E-state index is -1.39. The fraction of sp³-hybridized carbons (Fsp3) is 0.708. The summed E-state index contributed by atoms with van der Waals surface area (Å²) in [6, 6.07) is 0.101. The maximum Gasteiger partial charge on any atom is 0.410 e. The number of rotatable bonds is 6. The van der Waals surface area contributed by atoms with Crippen molar-refractivity contribution >= 4 is 29.0 Å². The SMILES string of the molecule is Nc1nc(CC2CCN(C(=O)OC3CCC3)CC2)nc2c1ncn2C1OC(C(=O)NC2CC2)C(O)C1O. The van der Waals surface area contributed by atoms with Crippen molar-refractivity contribution in [2.75, 3.05) is 18.8 Å². The molecule has 2 aliphatic heterocycles. The van der Waals surface area contributed by atoms with E-state index in [0.29, 0.717) is 36.5 Å². The predicted octanol–water partition coefficient (Wildman–Crippen LogP) is 0.250. The smallest absolute Gasteiger partial charge is 0.410 e. The standard InChI is InChI=1S/C24H33N7O6/c25-20-16-21(31(11-26-16)23-18(33)17(32)19(37-23)22(34)27-13-4-5-13)29-15(28-20)10-12-6-8-30(9-7-12)24(35)36-14-2-1-3-14/h11-14,17-19,23,32-33H,1-10H2,(H,27,34)(H2,25,28,29). The Hall–Kier alpha value is -3.03. The third-order valence-electron chi connectivity index (χ3n) is 7.85. The van der Waals surface area contributed by atoms with Crippen LogP contribution in [0.25, 0.3) is 11.2 Å². The number of nitrogens with two attached hydrogens (primary N) is 1. The number of imidazole rings is 1. The Balaban J connectivity index is 1.13. The topological polar surface area (TPSA) is 178 Å². The van der Waals surface area contributed by atoms with Crippen molar-refractivity contribution in [1.82, 2.24) is 29.7 Å². The fourth-order valence-electron chi connectivity index (χ4n) is 5.16. The molecule has 6 rings (SSSR count). The monoisotopic (exact) mass is 515 g/mol. The van der Waals surface area contributed by atoms with Gasteiger partial charge in [0.1, 0.15) is 29.7 Å². The minimum absolute atomic E-state index is 0.0736. The van der Waals surface area contributed by atoms with E-state index in [4.69, 9.17) is 15.2 Å². The number of aliphatic hydroxyl groups is 2. The zero-order valence-corrected chi connectivity index (χ0v) is 20.5. The van der Waals surface area contributed by atoms with Crippen molar-refractivity contribution in [1.29, 1.82) is 0 Å². The normalized spacial score (nSPS) is 28.9. The number of anilines is 1. The largest absolute Gasteiger partial charge is 0.446 e. The number of carbonyl (C=O) groups is 2. The van der Waals surface area contributed by atoms with E-state index in [9.17, 15) is 19.8 Å². The van der Waals surface area contributed by atoms with Gasteiger partial charge in [-0.15, -0.1) is 0 Å². The molecule has 2 saturated carbocycles. The van der Waals surface area contributed by atoms with E-state index in [2.05, 4.69) is 20.3 Å². The van der Waals surface area contributed by atoms with E-state index in [0.717, 1.165) is 44.9 Å². The number of ether oxygens (including phenoxy) is 2. The van der Waals surface area contributed by atoms with Crippen LogP contribution >= 0.6 is 0 Å². The van der Waals surface area contributed by atoms with E-state index in [-0.39, 0.29) is 30.0 Å². The maximum absolute atomic E-state index is 12.5. The second kappa shape index (κ2) is 9.69. The molecule has 0 bridgehead atoms. The molecule has 4 aliphatic rings. The number of fused-ring (bicyclic) bond motifs is 1. The van der Waals surface area contributed by atoms with Gasteiger partial charge in [-0.1, -0.05) is 0 Å². The molecule has 2 amide bonds. The highest BCUT2D eigenvalue weighted by atomic mass is 16.6.